The average Bonchev–Trinajstić information content (AvgIpc) is 3.25. The monoisotopic (exact) mass is 350 g/mol. The summed E-state index contributed by atoms with van der Waals surface area (Å²) in [5.74, 6) is -1.01. The number of rotatable bonds is 5. The van der Waals surface area contributed by atoms with Gasteiger partial charge in [-0.25, -0.2) is 0 Å². The minimum absolute atomic E-state index is 0.00963. The Morgan fingerprint density at radius 1 is 0.962 bits per heavy atom. The molecule has 0 aliphatic heterocycles. The van der Waals surface area contributed by atoms with Gasteiger partial charge >= 0.3 is 5.97 Å². The van der Waals surface area contributed by atoms with Crippen LogP contribution in [0, 0.1) is 23.7 Å². The van der Waals surface area contributed by atoms with Crippen LogP contribution in [0.4, 0.5) is 5.69 Å². The minimum atomic E-state index is -0.900. The van der Waals surface area contributed by atoms with Gasteiger partial charge in [-0.1, -0.05) is 12.2 Å². The zero-order valence-corrected chi connectivity index (χ0v) is 13.9. The molecule has 1 aromatic heterocycles. The molecule has 2 aliphatic carbocycles. The molecule has 2 bridgehead atoms. The average molecular weight is 350 g/mol. The number of carbonyl (C=O) groups excluding carboxylic acids is 1. The number of hydrogen-bond acceptors (Lipinski definition) is 4. The van der Waals surface area contributed by atoms with Gasteiger partial charge in [0.1, 0.15) is 11.5 Å². The summed E-state index contributed by atoms with van der Waals surface area (Å²) >= 11 is 0. The highest BCUT2D eigenvalue weighted by Crippen LogP contribution is 2.48. The first-order chi connectivity index (χ1) is 12.6. The number of amides is 1. The fourth-order valence-electron chi connectivity index (χ4n) is 3.89. The van der Waals surface area contributed by atoms with E-state index < -0.39 is 17.8 Å². The van der Waals surface area contributed by atoms with Crippen molar-refractivity contribution in [3.63, 3.8) is 0 Å². The number of benzene rings is 1. The number of carboxylic acid groups (broad SMARTS) is 1. The highest BCUT2D eigenvalue weighted by atomic mass is 16.5. The standard InChI is InChI=1S/C20H18N2O4/c23-19(17-12-1-2-13(11-12)18(17)20(24)25)22-14-3-5-15(6-4-14)26-16-7-9-21-10-8-16/h1-10,12-13,17-18H,11H2,(H,22,23)(H,24,25)/t12-,13-,17+,18+/m0/s1. The number of carbonyl (C=O) groups is 2. The summed E-state index contributed by atoms with van der Waals surface area (Å²) in [6.07, 6.45) is 7.94. The van der Waals surface area contributed by atoms with Gasteiger partial charge in [0.2, 0.25) is 5.91 Å². The van der Waals surface area contributed by atoms with Crippen molar-refractivity contribution < 1.29 is 19.4 Å². The Morgan fingerprint density at radius 3 is 2.23 bits per heavy atom. The van der Waals surface area contributed by atoms with E-state index in [4.69, 9.17) is 4.74 Å². The molecule has 2 N–H and O–H groups in total. The molecule has 1 fully saturated rings. The summed E-state index contributed by atoms with van der Waals surface area (Å²) in [6, 6.07) is 10.5. The topological polar surface area (TPSA) is 88.5 Å². The molecule has 132 valence electrons. The maximum Gasteiger partial charge on any atom is 0.307 e. The Labute approximate surface area is 150 Å². The molecule has 0 saturated heterocycles. The van der Waals surface area contributed by atoms with Crippen LogP contribution < -0.4 is 10.1 Å². The number of fused-ring (bicyclic) bond motifs is 2. The Kier molecular flexibility index (Phi) is 4.16. The van der Waals surface area contributed by atoms with Gasteiger partial charge in [0.25, 0.3) is 0 Å². The lowest BCUT2D eigenvalue weighted by Gasteiger charge is -2.23. The molecule has 6 heteroatoms. The number of aliphatic carboxylic acids is 1. The van der Waals surface area contributed by atoms with Crippen molar-refractivity contribution in [3.05, 3.63) is 60.9 Å². The van der Waals surface area contributed by atoms with E-state index in [0.29, 0.717) is 17.2 Å². The number of nitrogens with one attached hydrogen (secondary N) is 1. The van der Waals surface area contributed by atoms with E-state index in [1.165, 1.54) is 0 Å². The lowest BCUT2D eigenvalue weighted by atomic mass is 9.82. The minimum Gasteiger partial charge on any atom is -0.481 e. The first-order valence-corrected chi connectivity index (χ1v) is 8.52. The van der Waals surface area contributed by atoms with Crippen molar-refractivity contribution >= 4 is 17.6 Å². The molecule has 4 rings (SSSR count). The summed E-state index contributed by atoms with van der Waals surface area (Å²) < 4.78 is 5.69. The Morgan fingerprint density at radius 2 is 1.58 bits per heavy atom. The van der Waals surface area contributed by atoms with Crippen molar-refractivity contribution in [2.24, 2.45) is 23.7 Å². The maximum atomic E-state index is 12.6. The van der Waals surface area contributed by atoms with Crippen molar-refractivity contribution in [3.8, 4) is 11.5 Å². The van der Waals surface area contributed by atoms with Gasteiger partial charge in [0.05, 0.1) is 11.8 Å². The van der Waals surface area contributed by atoms with E-state index in [2.05, 4.69) is 10.3 Å². The summed E-state index contributed by atoms with van der Waals surface area (Å²) in [4.78, 5) is 28.1. The number of ether oxygens (including phenoxy) is 1. The number of nitrogens with zero attached hydrogens (tertiary/aromatic N) is 1. The third-order valence-corrected chi connectivity index (χ3v) is 5.05. The summed E-state index contributed by atoms with van der Waals surface area (Å²) in [6.45, 7) is 0. The first kappa shape index (κ1) is 16.3. The number of anilines is 1. The maximum absolute atomic E-state index is 12.6. The molecule has 6 nitrogen and oxygen atoms in total. The van der Waals surface area contributed by atoms with E-state index >= 15 is 0 Å². The van der Waals surface area contributed by atoms with Crippen LogP contribution in [0.5, 0.6) is 11.5 Å². The predicted octanol–water partition coefficient (Wildman–Crippen LogP) is 3.34. The van der Waals surface area contributed by atoms with E-state index in [1.54, 1.807) is 48.8 Å². The second kappa shape index (κ2) is 6.63. The summed E-state index contributed by atoms with van der Waals surface area (Å²) in [5, 5.41) is 12.3. The second-order valence-electron chi connectivity index (χ2n) is 6.64. The smallest absolute Gasteiger partial charge is 0.307 e. The highest BCUT2D eigenvalue weighted by molar-refractivity contribution is 5.96. The fourth-order valence-corrected chi connectivity index (χ4v) is 3.89. The molecule has 1 saturated carbocycles. The lowest BCUT2D eigenvalue weighted by Crippen LogP contribution is -2.36. The van der Waals surface area contributed by atoms with Crippen molar-refractivity contribution in [2.45, 2.75) is 6.42 Å². The second-order valence-corrected chi connectivity index (χ2v) is 6.64. The van der Waals surface area contributed by atoms with Crippen LogP contribution in [0.1, 0.15) is 6.42 Å². The van der Waals surface area contributed by atoms with Crippen molar-refractivity contribution in [1.82, 2.24) is 4.98 Å². The van der Waals surface area contributed by atoms with Crippen molar-refractivity contribution in [1.29, 1.82) is 0 Å². The van der Waals surface area contributed by atoms with E-state index in [1.807, 2.05) is 12.2 Å². The van der Waals surface area contributed by atoms with Crippen LogP contribution in [0.25, 0.3) is 0 Å². The molecule has 1 heterocycles. The van der Waals surface area contributed by atoms with E-state index in [9.17, 15) is 14.7 Å². The fraction of sp³-hybridized carbons (Fsp3) is 0.250. The molecule has 4 atom stereocenters. The SMILES string of the molecule is O=C(O)[C@H]1[C@H](C(=O)Nc2ccc(Oc3ccncc3)cc2)[C@H]2C=C[C@H]1C2. The molecule has 0 unspecified atom stereocenters. The quantitative estimate of drug-likeness (QED) is 0.808. The van der Waals surface area contributed by atoms with Crippen LogP contribution in [0.3, 0.4) is 0 Å². The number of hydrogen-bond donors (Lipinski definition) is 2. The normalized spacial score (nSPS) is 25.8. The van der Waals surface area contributed by atoms with Gasteiger partial charge in [-0.05, 0) is 54.7 Å². The number of allylic oxidation sites excluding steroid dienone is 2. The van der Waals surface area contributed by atoms with Crippen LogP contribution >= 0.6 is 0 Å². The first-order valence-electron chi connectivity index (χ1n) is 8.52. The molecule has 2 aliphatic rings. The van der Waals surface area contributed by atoms with Gasteiger partial charge in [-0.2, -0.15) is 0 Å². The van der Waals surface area contributed by atoms with Gasteiger partial charge in [0, 0.05) is 18.1 Å². The number of carboxylic acids is 1. The summed E-state index contributed by atoms with van der Waals surface area (Å²) in [7, 11) is 0. The molecule has 0 spiro atoms. The highest BCUT2D eigenvalue weighted by Gasteiger charge is 2.51. The lowest BCUT2D eigenvalue weighted by molar-refractivity contribution is -0.146. The Balaban J connectivity index is 1.43. The molecule has 1 aromatic carbocycles. The Bertz CT molecular complexity index is 848. The van der Waals surface area contributed by atoms with E-state index in [0.717, 1.165) is 6.42 Å². The number of pyridine rings is 1. The molecule has 26 heavy (non-hydrogen) atoms. The number of aromatic nitrogens is 1. The van der Waals surface area contributed by atoms with Crippen LogP contribution in [0.2, 0.25) is 0 Å². The van der Waals surface area contributed by atoms with Crippen LogP contribution in [0.15, 0.2) is 60.9 Å². The van der Waals surface area contributed by atoms with Gasteiger partial charge < -0.3 is 15.2 Å². The largest absolute Gasteiger partial charge is 0.481 e. The van der Waals surface area contributed by atoms with Crippen molar-refractivity contribution in [2.75, 3.05) is 5.32 Å². The Hall–Kier alpha value is -3.15. The van der Waals surface area contributed by atoms with Gasteiger partial charge in [-0.3, -0.25) is 14.6 Å². The zero-order chi connectivity index (χ0) is 18.1. The summed E-state index contributed by atoms with van der Waals surface area (Å²) in [5.41, 5.74) is 0.618. The predicted molar refractivity (Wildman–Crippen MR) is 94.7 cm³/mol. The zero-order valence-electron chi connectivity index (χ0n) is 13.9. The molecular formula is C20H18N2O4. The van der Waals surface area contributed by atoms with Crippen LogP contribution in [-0.2, 0) is 9.59 Å². The van der Waals surface area contributed by atoms with Gasteiger partial charge in [0.15, 0.2) is 0 Å². The molecule has 1 amide bonds. The van der Waals surface area contributed by atoms with E-state index in [-0.39, 0.29) is 17.7 Å². The molecule has 2 aromatic rings. The van der Waals surface area contributed by atoms with Gasteiger partial charge in [-0.15, -0.1) is 0 Å². The molecular weight excluding hydrogens is 332 g/mol. The third kappa shape index (κ3) is 3.06. The third-order valence-electron chi connectivity index (χ3n) is 5.05. The molecule has 0 radical (unpaired) electrons. The van der Waals surface area contributed by atoms with Crippen LogP contribution in [-0.4, -0.2) is 22.0 Å².